The molecule has 0 aliphatic carbocycles. The highest BCUT2D eigenvalue weighted by Crippen LogP contribution is 2.22. The molecular weight excluding hydrogens is 339 g/mol. The van der Waals surface area contributed by atoms with Crippen molar-refractivity contribution in [2.75, 3.05) is 42.9 Å². The maximum absolute atomic E-state index is 13.8. The summed E-state index contributed by atoms with van der Waals surface area (Å²) in [6, 6.07) is 10.6. The lowest BCUT2D eigenvalue weighted by Crippen LogP contribution is -2.47. The fraction of sp³-hybridized carbons (Fsp3) is 0.333. The fourth-order valence-electron chi connectivity index (χ4n) is 2.86. The van der Waals surface area contributed by atoms with Crippen LogP contribution in [0.4, 0.5) is 15.1 Å². The molecule has 1 aromatic heterocycles. The van der Waals surface area contributed by atoms with Crippen LogP contribution in [-0.2, 0) is 4.79 Å². The molecule has 5 nitrogen and oxygen atoms in total. The van der Waals surface area contributed by atoms with E-state index in [-0.39, 0.29) is 11.7 Å². The standard InChI is InChI=1S/C18H19FN4OS/c19-15-3-1-2-4-16(15)23-10-8-22(9-11-23)7-5-17(24)21-18-14(13-20)6-12-25-18/h1-4,6,12H,5,7-11H2,(H,21,24). The Bertz CT molecular complexity index is 777. The summed E-state index contributed by atoms with van der Waals surface area (Å²) in [4.78, 5) is 16.3. The molecule has 0 radical (unpaired) electrons. The van der Waals surface area contributed by atoms with Gasteiger partial charge < -0.3 is 10.2 Å². The predicted molar refractivity (Wildman–Crippen MR) is 97.3 cm³/mol. The predicted octanol–water partition coefficient (Wildman–Crippen LogP) is 2.91. The summed E-state index contributed by atoms with van der Waals surface area (Å²) in [5, 5.41) is 14.1. The molecule has 0 atom stereocenters. The van der Waals surface area contributed by atoms with Crippen molar-refractivity contribution in [1.29, 1.82) is 5.26 Å². The molecular formula is C18H19FN4OS. The number of thiophene rings is 1. The first-order valence-electron chi connectivity index (χ1n) is 8.16. The van der Waals surface area contributed by atoms with Crippen molar-refractivity contribution < 1.29 is 9.18 Å². The Labute approximate surface area is 150 Å². The second-order valence-electron chi connectivity index (χ2n) is 5.85. The number of carbonyl (C=O) groups is 1. The fourth-order valence-corrected chi connectivity index (χ4v) is 3.62. The van der Waals surface area contributed by atoms with Crippen molar-refractivity contribution in [3.05, 3.63) is 47.1 Å². The smallest absolute Gasteiger partial charge is 0.226 e. The number of halogens is 1. The van der Waals surface area contributed by atoms with E-state index in [2.05, 4.69) is 16.3 Å². The van der Waals surface area contributed by atoms with Crippen molar-refractivity contribution in [3.63, 3.8) is 0 Å². The number of piperazine rings is 1. The van der Waals surface area contributed by atoms with Gasteiger partial charge in [0.05, 0.1) is 11.3 Å². The summed E-state index contributed by atoms with van der Waals surface area (Å²) in [7, 11) is 0. The molecule has 0 unspecified atom stereocenters. The van der Waals surface area contributed by atoms with E-state index < -0.39 is 0 Å². The first-order valence-corrected chi connectivity index (χ1v) is 9.04. The van der Waals surface area contributed by atoms with E-state index in [0.717, 1.165) is 26.2 Å². The summed E-state index contributed by atoms with van der Waals surface area (Å²) in [5.74, 6) is -0.282. The van der Waals surface area contributed by atoms with Gasteiger partial charge in [0.15, 0.2) is 0 Å². The molecule has 0 spiro atoms. The van der Waals surface area contributed by atoms with Crippen LogP contribution in [0.5, 0.6) is 0 Å². The average molecular weight is 358 g/mol. The molecule has 0 saturated carbocycles. The lowest BCUT2D eigenvalue weighted by atomic mass is 10.2. The first-order chi connectivity index (χ1) is 12.2. The molecule has 25 heavy (non-hydrogen) atoms. The third-order valence-corrected chi connectivity index (χ3v) is 5.09. The van der Waals surface area contributed by atoms with Crippen LogP contribution in [0, 0.1) is 17.1 Å². The second-order valence-corrected chi connectivity index (χ2v) is 6.77. The Morgan fingerprint density at radius 2 is 2.00 bits per heavy atom. The van der Waals surface area contributed by atoms with Crippen molar-refractivity contribution in [2.24, 2.45) is 0 Å². The number of nitrogens with zero attached hydrogens (tertiary/aromatic N) is 3. The Balaban J connectivity index is 1.44. The number of anilines is 2. The molecule has 2 aromatic rings. The molecule has 0 bridgehead atoms. The number of rotatable bonds is 5. The van der Waals surface area contributed by atoms with Gasteiger partial charge in [0.2, 0.25) is 5.91 Å². The minimum absolute atomic E-state index is 0.0875. The zero-order chi connectivity index (χ0) is 17.6. The molecule has 130 valence electrons. The number of hydrogen-bond acceptors (Lipinski definition) is 5. The lowest BCUT2D eigenvalue weighted by Gasteiger charge is -2.36. The molecule has 1 saturated heterocycles. The Morgan fingerprint density at radius 1 is 1.24 bits per heavy atom. The van der Waals surface area contributed by atoms with Crippen LogP contribution in [0.15, 0.2) is 35.7 Å². The molecule has 2 heterocycles. The summed E-state index contributed by atoms with van der Waals surface area (Å²) in [5.41, 5.74) is 1.14. The maximum atomic E-state index is 13.8. The number of carbonyl (C=O) groups excluding carboxylic acids is 1. The number of amides is 1. The van der Waals surface area contributed by atoms with E-state index in [1.165, 1.54) is 17.4 Å². The maximum Gasteiger partial charge on any atom is 0.226 e. The number of benzene rings is 1. The van der Waals surface area contributed by atoms with Gasteiger partial charge in [-0.15, -0.1) is 11.3 Å². The van der Waals surface area contributed by atoms with E-state index in [4.69, 9.17) is 5.26 Å². The van der Waals surface area contributed by atoms with Gasteiger partial charge >= 0.3 is 0 Å². The first kappa shape index (κ1) is 17.4. The monoisotopic (exact) mass is 358 g/mol. The largest absolute Gasteiger partial charge is 0.367 e. The van der Waals surface area contributed by atoms with Gasteiger partial charge in [0.25, 0.3) is 0 Å². The van der Waals surface area contributed by atoms with Crippen molar-refractivity contribution in [1.82, 2.24) is 4.90 Å². The molecule has 1 fully saturated rings. The SMILES string of the molecule is N#Cc1ccsc1NC(=O)CCN1CCN(c2ccccc2F)CC1. The Morgan fingerprint density at radius 3 is 2.72 bits per heavy atom. The zero-order valence-corrected chi connectivity index (χ0v) is 14.6. The molecule has 1 aromatic carbocycles. The minimum Gasteiger partial charge on any atom is -0.367 e. The van der Waals surface area contributed by atoms with Gasteiger partial charge in [0, 0.05) is 39.1 Å². The van der Waals surface area contributed by atoms with Crippen LogP contribution in [0.3, 0.4) is 0 Å². The lowest BCUT2D eigenvalue weighted by molar-refractivity contribution is -0.116. The minimum atomic E-state index is -0.195. The van der Waals surface area contributed by atoms with Crippen LogP contribution in [-0.4, -0.2) is 43.5 Å². The van der Waals surface area contributed by atoms with Crippen molar-refractivity contribution >= 4 is 27.9 Å². The number of nitrogens with one attached hydrogen (secondary N) is 1. The summed E-state index contributed by atoms with van der Waals surface area (Å²) < 4.78 is 13.8. The highest BCUT2D eigenvalue weighted by Gasteiger charge is 2.19. The normalized spacial score (nSPS) is 15.0. The van der Waals surface area contributed by atoms with E-state index in [1.807, 2.05) is 11.0 Å². The molecule has 3 rings (SSSR count). The molecule has 1 N–H and O–H groups in total. The van der Waals surface area contributed by atoms with E-state index in [1.54, 1.807) is 23.6 Å². The van der Waals surface area contributed by atoms with E-state index in [9.17, 15) is 9.18 Å². The van der Waals surface area contributed by atoms with Crippen LogP contribution >= 0.6 is 11.3 Å². The van der Waals surface area contributed by atoms with Gasteiger partial charge in [-0.1, -0.05) is 12.1 Å². The number of hydrogen-bond donors (Lipinski definition) is 1. The van der Waals surface area contributed by atoms with Crippen LogP contribution in [0.25, 0.3) is 0 Å². The van der Waals surface area contributed by atoms with Crippen LogP contribution < -0.4 is 10.2 Å². The molecule has 1 aliphatic rings. The third kappa shape index (κ3) is 4.35. The highest BCUT2D eigenvalue weighted by atomic mass is 32.1. The summed E-state index contributed by atoms with van der Waals surface area (Å²) in [6.45, 7) is 3.73. The van der Waals surface area contributed by atoms with Crippen LogP contribution in [0.2, 0.25) is 0 Å². The van der Waals surface area contributed by atoms with Gasteiger partial charge in [0.1, 0.15) is 16.9 Å². The Kier molecular flexibility index (Phi) is 5.64. The van der Waals surface area contributed by atoms with E-state index in [0.29, 0.717) is 29.2 Å². The highest BCUT2D eigenvalue weighted by molar-refractivity contribution is 7.14. The second kappa shape index (κ2) is 8.10. The zero-order valence-electron chi connectivity index (χ0n) is 13.7. The third-order valence-electron chi connectivity index (χ3n) is 4.26. The quantitative estimate of drug-likeness (QED) is 0.893. The topological polar surface area (TPSA) is 59.4 Å². The number of nitriles is 1. The Hall–Kier alpha value is -2.43. The summed E-state index contributed by atoms with van der Waals surface area (Å²) in [6.07, 6.45) is 0.377. The van der Waals surface area contributed by atoms with Crippen molar-refractivity contribution in [2.45, 2.75) is 6.42 Å². The summed E-state index contributed by atoms with van der Waals surface area (Å²) >= 11 is 1.35. The van der Waals surface area contributed by atoms with Crippen molar-refractivity contribution in [3.8, 4) is 6.07 Å². The molecule has 1 aliphatic heterocycles. The molecule has 1 amide bonds. The average Bonchev–Trinajstić information content (AvgIpc) is 3.08. The van der Waals surface area contributed by atoms with Crippen LogP contribution in [0.1, 0.15) is 12.0 Å². The van der Waals surface area contributed by atoms with Gasteiger partial charge in [-0.2, -0.15) is 5.26 Å². The van der Waals surface area contributed by atoms with Gasteiger partial charge in [-0.3, -0.25) is 9.69 Å². The van der Waals surface area contributed by atoms with Gasteiger partial charge in [-0.05, 0) is 23.6 Å². The van der Waals surface area contributed by atoms with Gasteiger partial charge in [-0.25, -0.2) is 4.39 Å². The van der Waals surface area contributed by atoms with E-state index >= 15 is 0 Å². The molecule has 7 heteroatoms. The number of para-hydroxylation sites is 1.